The largest absolute Gasteiger partial charge is 0.288 e. The summed E-state index contributed by atoms with van der Waals surface area (Å²) in [6, 6.07) is 4.21. The molecule has 0 radical (unpaired) electrons. The summed E-state index contributed by atoms with van der Waals surface area (Å²) in [4.78, 5) is 10.1. The van der Waals surface area contributed by atoms with Crippen molar-refractivity contribution in [3.05, 3.63) is 61.5 Å². The number of hydrogen-bond donors (Lipinski definition) is 1. The molecule has 0 unspecified atom stereocenters. The SMILES string of the molecule is O=[N+]([O-])c1cc(/C=N\NC2=CS(=O)(=O)C=C2)ccc1Cl. The van der Waals surface area contributed by atoms with Gasteiger partial charge < -0.3 is 0 Å². The second-order valence-electron chi connectivity index (χ2n) is 3.80. The van der Waals surface area contributed by atoms with Gasteiger partial charge in [0.2, 0.25) is 0 Å². The summed E-state index contributed by atoms with van der Waals surface area (Å²) < 4.78 is 22.2. The van der Waals surface area contributed by atoms with E-state index in [1.54, 1.807) is 6.07 Å². The summed E-state index contributed by atoms with van der Waals surface area (Å²) in [5, 5.41) is 16.6. The molecule has 7 nitrogen and oxygen atoms in total. The van der Waals surface area contributed by atoms with Crippen LogP contribution in [0.2, 0.25) is 5.02 Å². The average Bonchev–Trinajstić information content (AvgIpc) is 2.71. The Hall–Kier alpha value is -2.19. The van der Waals surface area contributed by atoms with Gasteiger partial charge in [-0.1, -0.05) is 17.7 Å². The van der Waals surface area contributed by atoms with E-state index >= 15 is 0 Å². The van der Waals surface area contributed by atoms with Crippen LogP contribution in [0.1, 0.15) is 5.56 Å². The molecular weight excluding hydrogens is 306 g/mol. The molecule has 0 aromatic heterocycles. The van der Waals surface area contributed by atoms with Crippen molar-refractivity contribution in [1.29, 1.82) is 0 Å². The zero-order chi connectivity index (χ0) is 14.8. The molecule has 0 amide bonds. The summed E-state index contributed by atoms with van der Waals surface area (Å²) in [5.41, 5.74) is 3.05. The van der Waals surface area contributed by atoms with Crippen LogP contribution in [0.3, 0.4) is 0 Å². The van der Waals surface area contributed by atoms with Crippen molar-refractivity contribution in [3.8, 4) is 0 Å². The van der Waals surface area contributed by atoms with Crippen molar-refractivity contribution < 1.29 is 13.3 Å². The molecule has 0 bridgehead atoms. The Morgan fingerprint density at radius 1 is 1.40 bits per heavy atom. The molecule has 0 spiro atoms. The van der Waals surface area contributed by atoms with Crippen LogP contribution in [0.15, 0.2) is 45.9 Å². The number of rotatable bonds is 4. The molecule has 0 saturated heterocycles. The monoisotopic (exact) mass is 313 g/mol. The molecule has 9 heteroatoms. The molecule has 1 N–H and O–H groups in total. The van der Waals surface area contributed by atoms with Gasteiger partial charge in [-0.25, -0.2) is 8.42 Å². The third kappa shape index (κ3) is 3.43. The number of hydrogen-bond acceptors (Lipinski definition) is 6. The maximum Gasteiger partial charge on any atom is 0.288 e. The Labute approximate surface area is 119 Å². The lowest BCUT2D eigenvalue weighted by molar-refractivity contribution is -0.384. The van der Waals surface area contributed by atoms with E-state index < -0.39 is 14.8 Å². The third-order valence-electron chi connectivity index (χ3n) is 2.30. The minimum absolute atomic E-state index is 0.0348. The minimum Gasteiger partial charge on any atom is -0.278 e. The molecule has 0 aliphatic carbocycles. The normalized spacial score (nSPS) is 16.4. The van der Waals surface area contributed by atoms with Crippen molar-refractivity contribution in [2.75, 3.05) is 0 Å². The molecule has 1 aromatic carbocycles. The van der Waals surface area contributed by atoms with Gasteiger partial charge >= 0.3 is 0 Å². The molecule has 1 aliphatic heterocycles. The second kappa shape index (κ2) is 5.43. The van der Waals surface area contributed by atoms with Crippen LogP contribution < -0.4 is 5.43 Å². The standard InChI is InChI=1S/C11H8ClN3O4S/c12-10-2-1-8(5-11(10)15(16)17)6-13-14-9-3-4-20(18,19)7-9/h1-7,14H/b13-6-. The number of nitro benzene ring substituents is 1. The third-order valence-corrected chi connectivity index (χ3v) is 3.72. The molecule has 0 saturated carbocycles. The van der Waals surface area contributed by atoms with E-state index in [-0.39, 0.29) is 10.7 Å². The van der Waals surface area contributed by atoms with E-state index in [0.717, 1.165) is 10.8 Å². The number of sulfone groups is 1. The highest BCUT2D eigenvalue weighted by atomic mass is 35.5. The first-order valence-electron chi connectivity index (χ1n) is 5.25. The first-order chi connectivity index (χ1) is 9.37. The van der Waals surface area contributed by atoms with E-state index in [2.05, 4.69) is 10.5 Å². The smallest absolute Gasteiger partial charge is 0.278 e. The van der Waals surface area contributed by atoms with Crippen LogP contribution in [-0.2, 0) is 9.84 Å². The fourth-order valence-corrected chi connectivity index (χ4v) is 2.51. The van der Waals surface area contributed by atoms with Crippen LogP contribution in [-0.4, -0.2) is 19.6 Å². The van der Waals surface area contributed by atoms with Crippen molar-refractivity contribution in [3.63, 3.8) is 0 Å². The number of nitrogens with zero attached hydrogens (tertiary/aromatic N) is 2. The topological polar surface area (TPSA) is 102 Å². The van der Waals surface area contributed by atoms with Gasteiger partial charge in [-0.3, -0.25) is 15.5 Å². The maximum atomic E-state index is 11.1. The quantitative estimate of drug-likeness (QED) is 0.520. The van der Waals surface area contributed by atoms with Crippen LogP contribution >= 0.6 is 11.6 Å². The zero-order valence-electron chi connectivity index (χ0n) is 9.86. The Morgan fingerprint density at radius 3 is 2.75 bits per heavy atom. The molecule has 1 heterocycles. The first-order valence-corrected chi connectivity index (χ1v) is 7.24. The Morgan fingerprint density at radius 2 is 2.15 bits per heavy atom. The predicted octanol–water partition coefficient (Wildman–Crippen LogP) is 1.96. The van der Waals surface area contributed by atoms with Gasteiger partial charge in [-0.15, -0.1) is 0 Å². The zero-order valence-corrected chi connectivity index (χ0v) is 11.4. The molecule has 1 aliphatic rings. The van der Waals surface area contributed by atoms with Gasteiger partial charge in [-0.05, 0) is 12.1 Å². The number of nitro groups is 1. The number of benzene rings is 1. The van der Waals surface area contributed by atoms with Crippen LogP contribution in [0.4, 0.5) is 5.69 Å². The summed E-state index contributed by atoms with van der Waals surface area (Å²) in [5.74, 6) is 0. The first kappa shape index (κ1) is 14.2. The fourth-order valence-electron chi connectivity index (χ4n) is 1.42. The van der Waals surface area contributed by atoms with Gasteiger partial charge in [0.05, 0.1) is 22.2 Å². The van der Waals surface area contributed by atoms with Crippen molar-refractivity contribution in [2.45, 2.75) is 0 Å². The van der Waals surface area contributed by atoms with Gasteiger partial charge in [0.15, 0.2) is 9.84 Å². The number of allylic oxidation sites excluding steroid dienone is 1. The number of nitrogens with one attached hydrogen (secondary N) is 1. The van der Waals surface area contributed by atoms with E-state index in [9.17, 15) is 18.5 Å². The Bertz CT molecular complexity index is 753. The lowest BCUT2D eigenvalue weighted by Gasteiger charge is -1.98. The van der Waals surface area contributed by atoms with Crippen molar-refractivity contribution >= 4 is 33.3 Å². The Balaban J connectivity index is 2.11. The van der Waals surface area contributed by atoms with Crippen LogP contribution in [0.5, 0.6) is 0 Å². The molecular formula is C11H8ClN3O4S. The summed E-state index contributed by atoms with van der Waals surface area (Å²) in [7, 11) is -3.30. The molecule has 0 atom stereocenters. The lowest BCUT2D eigenvalue weighted by atomic mass is 10.2. The highest BCUT2D eigenvalue weighted by molar-refractivity contribution is 7.97. The van der Waals surface area contributed by atoms with E-state index in [1.807, 2.05) is 0 Å². The van der Waals surface area contributed by atoms with Crippen molar-refractivity contribution in [2.24, 2.45) is 5.10 Å². The molecule has 1 aromatic rings. The van der Waals surface area contributed by atoms with Crippen molar-refractivity contribution in [1.82, 2.24) is 5.43 Å². The highest BCUT2D eigenvalue weighted by Crippen LogP contribution is 2.24. The van der Waals surface area contributed by atoms with Crippen LogP contribution in [0, 0.1) is 10.1 Å². The van der Waals surface area contributed by atoms with E-state index in [4.69, 9.17) is 11.6 Å². The van der Waals surface area contributed by atoms with Crippen LogP contribution in [0.25, 0.3) is 0 Å². The number of halogens is 1. The van der Waals surface area contributed by atoms with E-state index in [0.29, 0.717) is 11.3 Å². The van der Waals surface area contributed by atoms with Gasteiger partial charge in [-0.2, -0.15) is 5.10 Å². The lowest BCUT2D eigenvalue weighted by Crippen LogP contribution is -2.02. The van der Waals surface area contributed by atoms with Gasteiger partial charge in [0.1, 0.15) is 5.02 Å². The van der Waals surface area contributed by atoms with Gasteiger partial charge in [0.25, 0.3) is 5.69 Å². The minimum atomic E-state index is -3.30. The summed E-state index contributed by atoms with van der Waals surface area (Å²) >= 11 is 5.67. The maximum absolute atomic E-state index is 11.1. The molecule has 2 rings (SSSR count). The second-order valence-corrected chi connectivity index (χ2v) is 5.90. The molecule has 104 valence electrons. The average molecular weight is 314 g/mol. The fraction of sp³-hybridized carbons (Fsp3) is 0. The number of hydrazone groups is 1. The van der Waals surface area contributed by atoms with E-state index in [1.165, 1.54) is 24.4 Å². The highest BCUT2D eigenvalue weighted by Gasteiger charge is 2.12. The Kier molecular flexibility index (Phi) is 3.86. The molecule has 20 heavy (non-hydrogen) atoms. The summed E-state index contributed by atoms with van der Waals surface area (Å²) in [6.45, 7) is 0. The van der Waals surface area contributed by atoms with Gasteiger partial charge in [0, 0.05) is 17.0 Å². The molecule has 0 fully saturated rings. The summed E-state index contributed by atoms with van der Waals surface area (Å²) in [6.07, 6.45) is 2.68. The predicted molar refractivity (Wildman–Crippen MR) is 75.0 cm³/mol.